The number of nitrogens with zero attached hydrogens (tertiary/aromatic N) is 1. The van der Waals surface area contributed by atoms with Crippen molar-refractivity contribution in [2.45, 2.75) is 19.1 Å². The lowest BCUT2D eigenvalue weighted by Gasteiger charge is -2.16. The van der Waals surface area contributed by atoms with Crippen LogP contribution in [0.1, 0.15) is 12.5 Å². The highest BCUT2D eigenvalue weighted by molar-refractivity contribution is 9.10. The molecule has 5 nitrogen and oxygen atoms in total. The summed E-state index contributed by atoms with van der Waals surface area (Å²) < 4.78 is 16.5. The third-order valence-electron chi connectivity index (χ3n) is 2.47. The lowest BCUT2D eigenvalue weighted by molar-refractivity contribution is -0.0423. The zero-order valence-electron chi connectivity index (χ0n) is 11.5. The second-order valence-corrected chi connectivity index (χ2v) is 5.23. The molecule has 0 saturated carbocycles. The molecule has 1 N–H and O–H groups in total. The van der Waals surface area contributed by atoms with Gasteiger partial charge in [-0.2, -0.15) is 5.26 Å². The smallest absolute Gasteiger partial charge is 0.137 e. The van der Waals surface area contributed by atoms with Crippen molar-refractivity contribution < 1.29 is 19.3 Å². The Labute approximate surface area is 127 Å². The van der Waals surface area contributed by atoms with E-state index >= 15 is 0 Å². The highest BCUT2D eigenvalue weighted by atomic mass is 79.9. The van der Waals surface area contributed by atoms with E-state index in [-0.39, 0.29) is 19.3 Å². The summed E-state index contributed by atoms with van der Waals surface area (Å²) in [4.78, 5) is 0. The molecule has 2 unspecified atom stereocenters. The molecular weight excluding hydrogens is 326 g/mol. The van der Waals surface area contributed by atoms with Crippen LogP contribution in [0.25, 0.3) is 0 Å². The SMILES string of the molecule is COCC(C)OCC(O)COc1ccc(Br)cc1C#N. The Hall–Kier alpha value is -1.13. The summed E-state index contributed by atoms with van der Waals surface area (Å²) in [6.07, 6.45) is -0.846. The average Bonchev–Trinajstić information content (AvgIpc) is 2.44. The molecule has 0 radical (unpaired) electrons. The first kappa shape index (κ1) is 16.9. The number of benzene rings is 1. The molecule has 1 aromatic rings. The van der Waals surface area contributed by atoms with Gasteiger partial charge in [-0.25, -0.2) is 0 Å². The van der Waals surface area contributed by atoms with E-state index in [0.717, 1.165) is 4.47 Å². The van der Waals surface area contributed by atoms with Gasteiger partial charge in [0.2, 0.25) is 0 Å². The van der Waals surface area contributed by atoms with Gasteiger partial charge in [-0.15, -0.1) is 0 Å². The molecule has 0 aliphatic carbocycles. The van der Waals surface area contributed by atoms with Crippen LogP contribution in [0.3, 0.4) is 0 Å². The molecule has 0 bridgehead atoms. The van der Waals surface area contributed by atoms with Crippen molar-refractivity contribution in [1.29, 1.82) is 5.26 Å². The van der Waals surface area contributed by atoms with Crippen LogP contribution < -0.4 is 4.74 Å². The van der Waals surface area contributed by atoms with Crippen LogP contribution in [-0.4, -0.2) is 44.2 Å². The first-order valence-electron chi connectivity index (χ1n) is 6.18. The van der Waals surface area contributed by atoms with Crippen LogP contribution in [0.4, 0.5) is 0 Å². The minimum absolute atomic E-state index is 0.0655. The lowest BCUT2D eigenvalue weighted by Crippen LogP contribution is -2.27. The van der Waals surface area contributed by atoms with Gasteiger partial charge in [-0.1, -0.05) is 15.9 Å². The summed E-state index contributed by atoms with van der Waals surface area (Å²) in [5.41, 5.74) is 0.417. The van der Waals surface area contributed by atoms with E-state index in [2.05, 4.69) is 15.9 Å². The van der Waals surface area contributed by atoms with E-state index in [1.807, 2.05) is 13.0 Å². The van der Waals surface area contributed by atoms with Gasteiger partial charge in [0.1, 0.15) is 24.5 Å². The third kappa shape index (κ3) is 5.88. The fraction of sp³-hybridized carbons (Fsp3) is 0.500. The van der Waals surface area contributed by atoms with Crippen LogP contribution in [0, 0.1) is 11.3 Å². The van der Waals surface area contributed by atoms with E-state index in [1.54, 1.807) is 25.3 Å². The molecular formula is C14H18BrNO4. The number of hydrogen-bond donors (Lipinski definition) is 1. The van der Waals surface area contributed by atoms with Crippen molar-refractivity contribution in [3.05, 3.63) is 28.2 Å². The second-order valence-electron chi connectivity index (χ2n) is 4.32. The van der Waals surface area contributed by atoms with E-state index < -0.39 is 6.10 Å². The van der Waals surface area contributed by atoms with E-state index in [9.17, 15) is 5.11 Å². The molecule has 0 spiro atoms. The molecule has 0 aliphatic heterocycles. The average molecular weight is 344 g/mol. The monoisotopic (exact) mass is 343 g/mol. The minimum atomic E-state index is -0.760. The molecule has 0 aromatic heterocycles. The van der Waals surface area contributed by atoms with E-state index in [0.29, 0.717) is 17.9 Å². The van der Waals surface area contributed by atoms with Crippen LogP contribution in [0.2, 0.25) is 0 Å². The van der Waals surface area contributed by atoms with Crippen LogP contribution in [0.15, 0.2) is 22.7 Å². The Balaban J connectivity index is 2.41. The number of methoxy groups -OCH3 is 1. The zero-order chi connectivity index (χ0) is 15.0. The van der Waals surface area contributed by atoms with Crippen molar-refractivity contribution in [3.63, 3.8) is 0 Å². The summed E-state index contributed by atoms with van der Waals surface area (Å²) in [6, 6.07) is 7.17. The molecule has 20 heavy (non-hydrogen) atoms. The number of nitriles is 1. The predicted octanol–water partition coefficient (Wildman–Crippen LogP) is 2.11. The number of hydrogen-bond acceptors (Lipinski definition) is 5. The highest BCUT2D eigenvalue weighted by Gasteiger charge is 2.11. The summed E-state index contributed by atoms with van der Waals surface area (Å²) in [5.74, 6) is 0.444. The number of aliphatic hydroxyl groups excluding tert-OH is 1. The number of aliphatic hydroxyl groups is 1. The van der Waals surface area contributed by atoms with Crippen molar-refractivity contribution in [1.82, 2.24) is 0 Å². The molecule has 0 saturated heterocycles. The fourth-order valence-corrected chi connectivity index (χ4v) is 1.87. The highest BCUT2D eigenvalue weighted by Crippen LogP contribution is 2.22. The fourth-order valence-electron chi connectivity index (χ4n) is 1.51. The Morgan fingerprint density at radius 3 is 2.75 bits per heavy atom. The molecule has 0 heterocycles. The quantitative estimate of drug-likeness (QED) is 0.782. The molecule has 0 aliphatic rings. The van der Waals surface area contributed by atoms with Crippen molar-refractivity contribution in [3.8, 4) is 11.8 Å². The molecule has 0 amide bonds. The second kappa shape index (κ2) is 8.93. The van der Waals surface area contributed by atoms with Crippen LogP contribution >= 0.6 is 15.9 Å². The summed E-state index contributed by atoms with van der Waals surface area (Å²) in [5, 5.41) is 18.8. The Kier molecular flexibility index (Phi) is 7.55. The van der Waals surface area contributed by atoms with Gasteiger partial charge < -0.3 is 19.3 Å². The van der Waals surface area contributed by atoms with Crippen molar-refractivity contribution >= 4 is 15.9 Å². The standard InChI is InChI=1S/C14H18BrNO4/c1-10(7-18-2)19-8-13(17)9-20-14-4-3-12(15)5-11(14)6-16/h3-5,10,13,17H,7-9H2,1-2H3. The molecule has 2 atom stereocenters. The van der Waals surface area contributed by atoms with Gasteiger partial charge in [0.05, 0.1) is 24.9 Å². The lowest BCUT2D eigenvalue weighted by atomic mass is 10.2. The van der Waals surface area contributed by atoms with Gasteiger partial charge in [0.15, 0.2) is 0 Å². The zero-order valence-corrected chi connectivity index (χ0v) is 13.1. The summed E-state index contributed by atoms with van der Waals surface area (Å²) >= 11 is 3.28. The Morgan fingerprint density at radius 1 is 1.35 bits per heavy atom. The van der Waals surface area contributed by atoms with Gasteiger partial charge >= 0.3 is 0 Å². The van der Waals surface area contributed by atoms with Crippen LogP contribution in [-0.2, 0) is 9.47 Å². The number of halogens is 1. The van der Waals surface area contributed by atoms with Gasteiger partial charge in [-0.3, -0.25) is 0 Å². The van der Waals surface area contributed by atoms with Crippen LogP contribution in [0.5, 0.6) is 5.75 Å². The minimum Gasteiger partial charge on any atom is -0.489 e. The molecule has 110 valence electrons. The summed E-state index contributed by atoms with van der Waals surface area (Å²) in [6.45, 7) is 2.55. The normalized spacial score (nSPS) is 13.6. The first-order valence-corrected chi connectivity index (χ1v) is 6.97. The molecule has 6 heteroatoms. The van der Waals surface area contributed by atoms with Gasteiger partial charge in [0.25, 0.3) is 0 Å². The molecule has 1 aromatic carbocycles. The first-order chi connectivity index (χ1) is 9.56. The number of rotatable bonds is 8. The van der Waals surface area contributed by atoms with Crippen molar-refractivity contribution in [2.24, 2.45) is 0 Å². The van der Waals surface area contributed by atoms with Gasteiger partial charge in [-0.05, 0) is 25.1 Å². The summed E-state index contributed by atoms with van der Waals surface area (Å²) in [7, 11) is 1.59. The van der Waals surface area contributed by atoms with E-state index in [1.165, 1.54) is 0 Å². The predicted molar refractivity (Wildman–Crippen MR) is 77.6 cm³/mol. The molecule has 1 rings (SSSR count). The topological polar surface area (TPSA) is 71.7 Å². The molecule has 0 fully saturated rings. The van der Waals surface area contributed by atoms with Crippen molar-refractivity contribution in [2.75, 3.05) is 26.9 Å². The maximum absolute atomic E-state index is 9.76. The largest absolute Gasteiger partial charge is 0.489 e. The van der Waals surface area contributed by atoms with Gasteiger partial charge in [0, 0.05) is 11.6 Å². The maximum Gasteiger partial charge on any atom is 0.137 e. The third-order valence-corrected chi connectivity index (χ3v) is 2.96. The maximum atomic E-state index is 9.76. The number of ether oxygens (including phenoxy) is 3. The Bertz CT molecular complexity index is 461. The Morgan fingerprint density at radius 2 is 2.10 bits per heavy atom. The van der Waals surface area contributed by atoms with E-state index in [4.69, 9.17) is 19.5 Å².